The van der Waals surface area contributed by atoms with Gasteiger partial charge >= 0.3 is 7.12 Å². The minimum Gasteiger partial charge on any atom is -0.400 e. The molecular formula is C21H27BN2O4. The van der Waals surface area contributed by atoms with Crippen molar-refractivity contribution in [1.29, 1.82) is 0 Å². The van der Waals surface area contributed by atoms with Crippen molar-refractivity contribution in [3.63, 3.8) is 0 Å². The maximum Gasteiger partial charge on any atom is 0.490 e. The molecule has 0 unspecified atom stereocenters. The van der Waals surface area contributed by atoms with E-state index in [-0.39, 0.29) is 30.1 Å². The van der Waals surface area contributed by atoms with Crippen molar-refractivity contribution in [3.8, 4) is 0 Å². The summed E-state index contributed by atoms with van der Waals surface area (Å²) in [6, 6.07) is 6.92. The smallest absolute Gasteiger partial charge is 0.400 e. The van der Waals surface area contributed by atoms with Crippen molar-refractivity contribution < 1.29 is 18.9 Å². The van der Waals surface area contributed by atoms with E-state index < -0.39 is 0 Å². The van der Waals surface area contributed by atoms with E-state index in [1.54, 1.807) is 29.2 Å². The first-order chi connectivity index (χ1) is 13.1. The van der Waals surface area contributed by atoms with Gasteiger partial charge in [-0.25, -0.2) is 0 Å². The molecule has 28 heavy (non-hydrogen) atoms. The molecule has 7 heteroatoms. The highest BCUT2D eigenvalue weighted by atomic mass is 16.7. The van der Waals surface area contributed by atoms with Crippen LogP contribution in [0.15, 0.2) is 48.5 Å². The van der Waals surface area contributed by atoms with Crippen molar-refractivity contribution >= 4 is 24.6 Å². The standard InChI is InChI=1S/C21H27BN2O4/c1-6-18(25)23-17-9-7-8-15(14-17)19(26)24-12-10-16(11-13-24)22-27-20(2,3)21(4,5)28-22/h6-10,14H,1,11-13H2,2-5H3,(H,23,25). The third kappa shape index (κ3) is 4.05. The first-order valence-electron chi connectivity index (χ1n) is 9.50. The summed E-state index contributed by atoms with van der Waals surface area (Å²) in [5, 5.41) is 2.68. The van der Waals surface area contributed by atoms with Crippen LogP contribution < -0.4 is 5.32 Å². The SMILES string of the molecule is C=CC(=O)Nc1cccc(C(=O)N2CC=C(B3OC(C)(C)C(C)(C)O3)CC2)c1. The Labute approximate surface area is 166 Å². The van der Waals surface area contributed by atoms with Gasteiger partial charge in [-0.05, 0) is 63.9 Å². The van der Waals surface area contributed by atoms with Crippen molar-refractivity contribution in [2.45, 2.75) is 45.3 Å². The van der Waals surface area contributed by atoms with Crippen LogP contribution >= 0.6 is 0 Å². The zero-order valence-corrected chi connectivity index (χ0v) is 17.0. The van der Waals surface area contributed by atoms with Gasteiger partial charge in [-0.15, -0.1) is 0 Å². The fraction of sp³-hybridized carbons (Fsp3) is 0.429. The third-order valence-corrected chi connectivity index (χ3v) is 5.65. The molecular weight excluding hydrogens is 355 g/mol. The average molecular weight is 382 g/mol. The summed E-state index contributed by atoms with van der Waals surface area (Å²) in [5.41, 5.74) is 1.44. The Kier molecular flexibility index (Phi) is 5.50. The van der Waals surface area contributed by atoms with Gasteiger partial charge in [0.1, 0.15) is 0 Å². The van der Waals surface area contributed by atoms with E-state index in [2.05, 4.69) is 11.9 Å². The summed E-state index contributed by atoms with van der Waals surface area (Å²) in [5.74, 6) is -0.378. The number of benzene rings is 1. The molecule has 0 aliphatic carbocycles. The maximum absolute atomic E-state index is 12.8. The van der Waals surface area contributed by atoms with E-state index in [9.17, 15) is 9.59 Å². The fourth-order valence-electron chi connectivity index (χ4n) is 3.18. The molecule has 1 aromatic rings. The van der Waals surface area contributed by atoms with Crippen LogP contribution in [0.2, 0.25) is 0 Å². The van der Waals surface area contributed by atoms with Gasteiger partial charge < -0.3 is 19.5 Å². The fourth-order valence-corrected chi connectivity index (χ4v) is 3.18. The van der Waals surface area contributed by atoms with Gasteiger partial charge in [0.05, 0.1) is 11.2 Å². The van der Waals surface area contributed by atoms with Gasteiger partial charge in [0.2, 0.25) is 5.91 Å². The first-order valence-corrected chi connectivity index (χ1v) is 9.50. The number of anilines is 1. The molecule has 0 spiro atoms. The van der Waals surface area contributed by atoms with E-state index in [1.165, 1.54) is 6.08 Å². The minimum atomic E-state index is -0.373. The molecule has 2 aliphatic heterocycles. The normalized spacial score (nSPS) is 20.5. The number of nitrogens with one attached hydrogen (secondary N) is 1. The lowest BCUT2D eigenvalue weighted by Gasteiger charge is -2.32. The number of rotatable bonds is 4. The molecule has 0 bridgehead atoms. The third-order valence-electron chi connectivity index (χ3n) is 5.65. The number of amides is 2. The van der Waals surface area contributed by atoms with Gasteiger partial charge in [-0.3, -0.25) is 9.59 Å². The van der Waals surface area contributed by atoms with Crippen molar-refractivity contribution in [1.82, 2.24) is 4.90 Å². The highest BCUT2D eigenvalue weighted by Gasteiger charge is 2.52. The topological polar surface area (TPSA) is 67.9 Å². The summed E-state index contributed by atoms with van der Waals surface area (Å²) >= 11 is 0. The molecule has 1 N–H and O–H groups in total. The number of hydrogen-bond acceptors (Lipinski definition) is 4. The molecule has 1 aromatic carbocycles. The summed E-state index contributed by atoms with van der Waals surface area (Å²) in [6.45, 7) is 12.7. The Hall–Kier alpha value is -2.38. The Balaban J connectivity index is 1.66. The van der Waals surface area contributed by atoms with E-state index in [0.29, 0.717) is 30.8 Å². The van der Waals surface area contributed by atoms with Crippen LogP contribution in [0.3, 0.4) is 0 Å². The Morgan fingerprint density at radius 1 is 1.21 bits per heavy atom. The largest absolute Gasteiger partial charge is 0.490 e. The summed E-state index contributed by atoms with van der Waals surface area (Å²) in [4.78, 5) is 26.1. The molecule has 3 rings (SSSR count). The second-order valence-electron chi connectivity index (χ2n) is 8.14. The molecule has 2 aliphatic rings. The summed E-state index contributed by atoms with van der Waals surface area (Å²) < 4.78 is 12.2. The number of hydrogen-bond donors (Lipinski definition) is 1. The second-order valence-corrected chi connectivity index (χ2v) is 8.14. The van der Waals surface area contributed by atoms with Gasteiger partial charge in [0.25, 0.3) is 5.91 Å². The minimum absolute atomic E-state index is 0.0704. The Morgan fingerprint density at radius 2 is 1.89 bits per heavy atom. The summed E-state index contributed by atoms with van der Waals surface area (Å²) in [7, 11) is -0.361. The van der Waals surface area contributed by atoms with Gasteiger partial charge in [-0.2, -0.15) is 0 Å². The van der Waals surface area contributed by atoms with E-state index in [0.717, 1.165) is 5.47 Å². The Bertz CT molecular complexity index is 815. The van der Waals surface area contributed by atoms with Crippen LogP contribution in [0.4, 0.5) is 5.69 Å². The molecule has 0 aromatic heterocycles. The summed E-state index contributed by atoms with van der Waals surface area (Å²) in [6.07, 6.45) is 3.92. The highest BCUT2D eigenvalue weighted by Crippen LogP contribution is 2.39. The van der Waals surface area contributed by atoms with Crippen LogP contribution in [-0.2, 0) is 14.1 Å². The number of carbonyl (C=O) groups excluding carboxylic acids is 2. The zero-order valence-electron chi connectivity index (χ0n) is 17.0. The van der Waals surface area contributed by atoms with Gasteiger partial charge in [-0.1, -0.05) is 18.7 Å². The van der Waals surface area contributed by atoms with Crippen molar-refractivity contribution in [3.05, 3.63) is 54.0 Å². The lowest BCUT2D eigenvalue weighted by molar-refractivity contribution is -0.111. The van der Waals surface area contributed by atoms with Crippen LogP contribution in [-0.4, -0.2) is 48.1 Å². The van der Waals surface area contributed by atoms with E-state index in [4.69, 9.17) is 9.31 Å². The average Bonchev–Trinajstić information content (AvgIpc) is 2.88. The lowest BCUT2D eigenvalue weighted by Crippen LogP contribution is -2.41. The monoisotopic (exact) mass is 382 g/mol. The molecule has 2 amide bonds. The van der Waals surface area contributed by atoms with Crippen LogP contribution in [0.5, 0.6) is 0 Å². The molecule has 0 atom stereocenters. The number of carbonyl (C=O) groups is 2. The van der Waals surface area contributed by atoms with Crippen molar-refractivity contribution in [2.75, 3.05) is 18.4 Å². The van der Waals surface area contributed by atoms with Crippen molar-refractivity contribution in [2.24, 2.45) is 0 Å². The van der Waals surface area contributed by atoms with E-state index in [1.807, 2.05) is 33.8 Å². The zero-order chi connectivity index (χ0) is 20.5. The van der Waals surface area contributed by atoms with Crippen LogP contribution in [0.1, 0.15) is 44.5 Å². The maximum atomic E-state index is 12.8. The molecule has 0 saturated carbocycles. The lowest BCUT2D eigenvalue weighted by atomic mass is 9.74. The van der Waals surface area contributed by atoms with Gasteiger partial charge in [0.15, 0.2) is 0 Å². The Morgan fingerprint density at radius 3 is 2.46 bits per heavy atom. The first kappa shape index (κ1) is 20.4. The van der Waals surface area contributed by atoms with Crippen LogP contribution in [0, 0.1) is 0 Å². The number of nitrogens with zero attached hydrogens (tertiary/aromatic N) is 1. The molecule has 0 radical (unpaired) electrons. The molecule has 6 nitrogen and oxygen atoms in total. The van der Waals surface area contributed by atoms with E-state index >= 15 is 0 Å². The second kappa shape index (κ2) is 7.56. The quantitative estimate of drug-likeness (QED) is 0.642. The van der Waals surface area contributed by atoms with Gasteiger partial charge in [0, 0.05) is 24.3 Å². The molecule has 1 fully saturated rings. The molecule has 148 valence electrons. The highest BCUT2D eigenvalue weighted by molar-refractivity contribution is 6.54. The van der Waals surface area contributed by atoms with Crippen LogP contribution in [0.25, 0.3) is 0 Å². The molecule has 1 saturated heterocycles. The predicted molar refractivity (Wildman–Crippen MR) is 110 cm³/mol. The molecule has 2 heterocycles. The predicted octanol–water partition coefficient (Wildman–Crippen LogP) is 3.21.